The summed E-state index contributed by atoms with van der Waals surface area (Å²) in [6, 6.07) is 4.64. The van der Waals surface area contributed by atoms with Crippen LogP contribution in [-0.4, -0.2) is 30.1 Å². The van der Waals surface area contributed by atoms with Gasteiger partial charge in [-0.25, -0.2) is 4.98 Å². The Balaban J connectivity index is 2.19. The number of pyridine rings is 1. The molecule has 0 amide bonds. The van der Waals surface area contributed by atoms with Gasteiger partial charge in [0.2, 0.25) is 5.88 Å². The van der Waals surface area contributed by atoms with E-state index in [2.05, 4.69) is 29.8 Å². The van der Waals surface area contributed by atoms with Gasteiger partial charge < -0.3 is 4.74 Å². The summed E-state index contributed by atoms with van der Waals surface area (Å²) in [6.45, 7) is 6.90. The first-order valence-corrected chi connectivity index (χ1v) is 6.45. The molecule has 0 spiro atoms. The fourth-order valence-corrected chi connectivity index (χ4v) is 2.69. The molecule has 0 N–H and O–H groups in total. The van der Waals surface area contributed by atoms with Crippen molar-refractivity contribution in [1.82, 2.24) is 9.88 Å². The average molecular weight is 234 g/mol. The molecule has 0 radical (unpaired) electrons. The average Bonchev–Trinajstić information content (AvgIpc) is 2.76. The Morgan fingerprint density at radius 2 is 2.35 bits per heavy atom. The van der Waals surface area contributed by atoms with Crippen LogP contribution in [0.3, 0.4) is 0 Å². The maximum atomic E-state index is 5.37. The molecule has 3 nitrogen and oxygen atoms in total. The number of aromatic nitrogens is 1. The Bertz CT molecular complexity index is 365. The summed E-state index contributed by atoms with van der Waals surface area (Å²) in [5.41, 5.74) is 1.24. The molecule has 0 aromatic carbocycles. The highest BCUT2D eigenvalue weighted by Gasteiger charge is 2.28. The summed E-state index contributed by atoms with van der Waals surface area (Å²) in [4.78, 5) is 6.87. The summed E-state index contributed by atoms with van der Waals surface area (Å²) < 4.78 is 5.37. The lowest BCUT2D eigenvalue weighted by Crippen LogP contribution is -2.27. The van der Waals surface area contributed by atoms with Gasteiger partial charge in [0.15, 0.2) is 0 Å². The smallest absolute Gasteiger partial charge is 0.217 e. The lowest BCUT2D eigenvalue weighted by molar-refractivity contribution is 0.223. The van der Waals surface area contributed by atoms with E-state index in [-0.39, 0.29) is 0 Å². The summed E-state index contributed by atoms with van der Waals surface area (Å²) in [5.74, 6) is 1.49. The third-order valence-corrected chi connectivity index (χ3v) is 3.32. The van der Waals surface area contributed by atoms with Crippen molar-refractivity contribution in [2.75, 3.05) is 20.2 Å². The Labute approximate surface area is 104 Å². The van der Waals surface area contributed by atoms with Crippen molar-refractivity contribution in [3.8, 4) is 5.88 Å². The normalized spacial score (nSPS) is 21.1. The van der Waals surface area contributed by atoms with Crippen LogP contribution >= 0.6 is 0 Å². The molecule has 2 rings (SSSR count). The summed E-state index contributed by atoms with van der Waals surface area (Å²) in [6.07, 6.45) is 4.29. The number of nitrogens with zero attached hydrogens (tertiary/aromatic N) is 2. The first-order valence-electron chi connectivity index (χ1n) is 6.45. The van der Waals surface area contributed by atoms with Crippen LogP contribution in [0.25, 0.3) is 0 Å². The van der Waals surface area contributed by atoms with Gasteiger partial charge in [-0.05, 0) is 31.4 Å². The number of likely N-dealkylation sites (tertiary alicyclic amines) is 1. The molecule has 1 atom stereocenters. The van der Waals surface area contributed by atoms with Crippen molar-refractivity contribution in [2.45, 2.75) is 32.7 Å². The molecule has 1 aliphatic heterocycles. The third kappa shape index (κ3) is 2.78. The summed E-state index contributed by atoms with van der Waals surface area (Å²) >= 11 is 0. The largest absolute Gasteiger partial charge is 0.481 e. The van der Waals surface area contributed by atoms with Crippen LogP contribution in [0.4, 0.5) is 0 Å². The first-order chi connectivity index (χ1) is 8.22. The van der Waals surface area contributed by atoms with Crippen molar-refractivity contribution in [3.63, 3.8) is 0 Å². The van der Waals surface area contributed by atoms with Gasteiger partial charge >= 0.3 is 0 Å². The third-order valence-electron chi connectivity index (χ3n) is 3.32. The van der Waals surface area contributed by atoms with E-state index in [0.29, 0.717) is 12.0 Å². The van der Waals surface area contributed by atoms with Crippen molar-refractivity contribution >= 4 is 0 Å². The zero-order chi connectivity index (χ0) is 12.3. The second-order valence-electron chi connectivity index (χ2n) is 5.15. The van der Waals surface area contributed by atoms with E-state index in [1.54, 1.807) is 13.3 Å². The number of hydrogen-bond acceptors (Lipinski definition) is 3. The maximum Gasteiger partial charge on any atom is 0.217 e. The van der Waals surface area contributed by atoms with E-state index in [0.717, 1.165) is 12.4 Å². The Hall–Kier alpha value is -1.09. The maximum absolute atomic E-state index is 5.37. The minimum atomic E-state index is 0.487. The molecular formula is C14H22N2O. The van der Waals surface area contributed by atoms with Gasteiger partial charge in [0.05, 0.1) is 7.11 Å². The minimum Gasteiger partial charge on any atom is -0.481 e. The highest BCUT2D eigenvalue weighted by Crippen LogP contribution is 2.36. The molecule has 1 fully saturated rings. The number of rotatable bonds is 4. The Morgan fingerprint density at radius 3 is 3.06 bits per heavy atom. The van der Waals surface area contributed by atoms with E-state index < -0.39 is 0 Å². The molecule has 0 saturated carbocycles. The number of hydrogen-bond donors (Lipinski definition) is 0. The molecule has 1 saturated heterocycles. The van der Waals surface area contributed by atoms with Crippen molar-refractivity contribution in [2.24, 2.45) is 5.92 Å². The summed E-state index contributed by atoms with van der Waals surface area (Å²) in [5, 5.41) is 0. The van der Waals surface area contributed by atoms with Gasteiger partial charge in [-0.3, -0.25) is 4.90 Å². The van der Waals surface area contributed by atoms with Crippen LogP contribution in [0.15, 0.2) is 18.3 Å². The van der Waals surface area contributed by atoms with Crippen LogP contribution in [-0.2, 0) is 0 Å². The van der Waals surface area contributed by atoms with Crippen molar-refractivity contribution in [1.29, 1.82) is 0 Å². The Kier molecular flexibility index (Phi) is 4.00. The van der Waals surface area contributed by atoms with E-state index in [1.807, 2.05) is 6.07 Å². The van der Waals surface area contributed by atoms with Crippen molar-refractivity contribution in [3.05, 3.63) is 23.9 Å². The number of ether oxygens (including phenoxy) is 1. The monoisotopic (exact) mass is 234 g/mol. The van der Waals surface area contributed by atoms with Crippen LogP contribution < -0.4 is 4.74 Å². The van der Waals surface area contributed by atoms with Gasteiger partial charge in [0.25, 0.3) is 0 Å². The van der Waals surface area contributed by atoms with Crippen LogP contribution in [0.2, 0.25) is 0 Å². The van der Waals surface area contributed by atoms with E-state index in [9.17, 15) is 0 Å². The second kappa shape index (κ2) is 5.50. The van der Waals surface area contributed by atoms with Gasteiger partial charge in [-0.1, -0.05) is 19.9 Å². The fourth-order valence-electron chi connectivity index (χ4n) is 2.69. The van der Waals surface area contributed by atoms with Gasteiger partial charge in [0.1, 0.15) is 0 Å². The highest BCUT2D eigenvalue weighted by atomic mass is 16.5. The quantitative estimate of drug-likeness (QED) is 0.801. The number of methoxy groups -OCH3 is 1. The molecule has 1 aromatic heterocycles. The molecular weight excluding hydrogens is 212 g/mol. The van der Waals surface area contributed by atoms with Crippen LogP contribution in [0, 0.1) is 5.92 Å². The molecule has 0 bridgehead atoms. The van der Waals surface area contributed by atoms with Crippen molar-refractivity contribution < 1.29 is 4.74 Å². The zero-order valence-electron chi connectivity index (χ0n) is 11.0. The van der Waals surface area contributed by atoms with E-state index >= 15 is 0 Å². The predicted octanol–water partition coefficient (Wildman–Crippen LogP) is 2.88. The lowest BCUT2D eigenvalue weighted by atomic mass is 10.1. The van der Waals surface area contributed by atoms with Gasteiger partial charge in [-0.2, -0.15) is 0 Å². The summed E-state index contributed by atoms with van der Waals surface area (Å²) in [7, 11) is 1.70. The zero-order valence-corrected chi connectivity index (χ0v) is 11.0. The standard InChI is InChI=1S/C14H22N2O/c1-11(2)10-16-9-5-7-13(16)12-6-4-8-15-14(12)17-3/h4,6,8,11,13H,5,7,9-10H2,1-3H3. The molecule has 2 heterocycles. The minimum absolute atomic E-state index is 0.487. The lowest BCUT2D eigenvalue weighted by Gasteiger charge is -2.27. The molecule has 17 heavy (non-hydrogen) atoms. The van der Waals surface area contributed by atoms with Gasteiger partial charge in [0, 0.05) is 24.3 Å². The SMILES string of the molecule is COc1ncccc1C1CCCN1CC(C)C. The molecule has 0 aliphatic carbocycles. The van der Waals surface area contributed by atoms with Crippen LogP contribution in [0.5, 0.6) is 5.88 Å². The van der Waals surface area contributed by atoms with E-state index in [1.165, 1.54) is 24.9 Å². The topological polar surface area (TPSA) is 25.4 Å². The molecule has 3 heteroatoms. The fraction of sp³-hybridized carbons (Fsp3) is 0.643. The molecule has 1 aliphatic rings. The van der Waals surface area contributed by atoms with E-state index in [4.69, 9.17) is 4.74 Å². The van der Waals surface area contributed by atoms with Crippen LogP contribution in [0.1, 0.15) is 38.3 Å². The molecule has 1 aromatic rings. The predicted molar refractivity (Wildman–Crippen MR) is 69.2 cm³/mol. The molecule has 94 valence electrons. The highest BCUT2D eigenvalue weighted by molar-refractivity contribution is 5.29. The van der Waals surface area contributed by atoms with Gasteiger partial charge in [-0.15, -0.1) is 0 Å². The first kappa shape index (κ1) is 12.4. The second-order valence-corrected chi connectivity index (χ2v) is 5.15. The Morgan fingerprint density at radius 1 is 1.53 bits per heavy atom. The molecule has 1 unspecified atom stereocenters.